The Labute approximate surface area is 172 Å². The van der Waals surface area contributed by atoms with Gasteiger partial charge in [0.15, 0.2) is 5.17 Å². The number of alkyl halides is 2. The Balaban J connectivity index is 1.58. The van der Waals surface area contributed by atoms with Crippen LogP contribution in [0.15, 0.2) is 68.1 Å². The molecule has 1 aliphatic rings. The number of amides is 1. The summed E-state index contributed by atoms with van der Waals surface area (Å²) in [6.45, 7) is 0. The smallest absolute Gasteiger partial charge is 0.288 e. The van der Waals surface area contributed by atoms with E-state index >= 15 is 0 Å². The maximum Gasteiger partial charge on any atom is 0.288 e. The summed E-state index contributed by atoms with van der Waals surface area (Å²) in [7, 11) is 0. The van der Waals surface area contributed by atoms with Crippen molar-refractivity contribution in [1.82, 2.24) is 5.32 Å². The first-order valence-electron chi connectivity index (χ1n) is 7.87. The van der Waals surface area contributed by atoms with Crippen LogP contribution in [0.5, 0.6) is 0 Å². The van der Waals surface area contributed by atoms with E-state index in [1.165, 1.54) is 11.8 Å². The maximum atomic E-state index is 12.4. The first-order chi connectivity index (χ1) is 13.0. The van der Waals surface area contributed by atoms with Crippen LogP contribution in [0.1, 0.15) is 11.1 Å². The molecule has 9 heteroatoms. The standard InChI is InChI=1S/C18H14BrF2N3OS2/c19-13-3-1-2-12(8-13)10-22-24-18-23-16(25)15(27-18)9-11-4-6-14(7-5-11)26-17(20)21/h1-8,10,15,17H,9H2,(H,23,24,25). The lowest BCUT2D eigenvalue weighted by atomic mass is 10.1. The molecule has 140 valence electrons. The minimum Gasteiger partial charge on any atom is -0.303 e. The Bertz CT molecular complexity index is 875. The molecule has 0 saturated carbocycles. The van der Waals surface area contributed by atoms with Crippen LogP contribution >= 0.6 is 39.5 Å². The van der Waals surface area contributed by atoms with Gasteiger partial charge in [0.1, 0.15) is 0 Å². The fourth-order valence-electron chi connectivity index (χ4n) is 2.34. The van der Waals surface area contributed by atoms with Gasteiger partial charge in [-0.3, -0.25) is 4.79 Å². The van der Waals surface area contributed by atoms with Crippen molar-refractivity contribution in [3.8, 4) is 0 Å². The molecule has 1 saturated heterocycles. The number of nitrogens with zero attached hydrogens (tertiary/aromatic N) is 2. The number of hydrogen-bond donors (Lipinski definition) is 1. The van der Waals surface area contributed by atoms with Crippen molar-refractivity contribution in [2.24, 2.45) is 10.2 Å². The van der Waals surface area contributed by atoms with E-state index < -0.39 is 5.76 Å². The Morgan fingerprint density at radius 2 is 2.04 bits per heavy atom. The summed E-state index contributed by atoms with van der Waals surface area (Å²) in [6.07, 6.45) is 2.10. The van der Waals surface area contributed by atoms with Gasteiger partial charge in [0.05, 0.1) is 11.5 Å². The fourth-order valence-corrected chi connectivity index (χ4v) is 4.22. The quantitative estimate of drug-likeness (QED) is 0.370. The van der Waals surface area contributed by atoms with Gasteiger partial charge in [-0.05, 0) is 41.8 Å². The summed E-state index contributed by atoms with van der Waals surface area (Å²) in [5, 5.41) is 10.9. The van der Waals surface area contributed by atoms with Gasteiger partial charge < -0.3 is 5.32 Å². The van der Waals surface area contributed by atoms with Gasteiger partial charge >= 0.3 is 0 Å². The van der Waals surface area contributed by atoms with E-state index in [1.807, 2.05) is 24.3 Å². The summed E-state index contributed by atoms with van der Waals surface area (Å²) in [5.74, 6) is -2.58. The van der Waals surface area contributed by atoms with Crippen LogP contribution < -0.4 is 5.32 Å². The number of carbonyl (C=O) groups is 1. The van der Waals surface area contributed by atoms with Crippen LogP contribution in [0.2, 0.25) is 0 Å². The van der Waals surface area contributed by atoms with Crippen LogP contribution in [0, 0.1) is 0 Å². The van der Waals surface area contributed by atoms with Gasteiger partial charge in [0.2, 0.25) is 5.91 Å². The van der Waals surface area contributed by atoms with Crippen molar-refractivity contribution >= 4 is 56.7 Å². The molecule has 1 heterocycles. The van der Waals surface area contributed by atoms with Crippen LogP contribution in [0.3, 0.4) is 0 Å². The Kier molecular flexibility index (Phi) is 7.03. The molecule has 1 unspecified atom stereocenters. The summed E-state index contributed by atoms with van der Waals surface area (Å²) in [4.78, 5) is 12.6. The number of amidine groups is 1. The summed E-state index contributed by atoms with van der Waals surface area (Å²) in [6, 6.07) is 14.4. The largest absolute Gasteiger partial charge is 0.303 e. The third-order valence-electron chi connectivity index (χ3n) is 3.55. The normalized spacial score (nSPS) is 18.6. The Hall–Kier alpha value is -1.71. The lowest BCUT2D eigenvalue weighted by molar-refractivity contribution is -0.118. The summed E-state index contributed by atoms with van der Waals surface area (Å²) in [5.41, 5.74) is 1.79. The van der Waals surface area contributed by atoms with Crippen molar-refractivity contribution in [2.45, 2.75) is 22.3 Å². The SMILES string of the molecule is O=C1N/C(=N\N=Cc2cccc(Br)c2)SC1Cc1ccc(SC(F)F)cc1. The van der Waals surface area contributed by atoms with Gasteiger partial charge in [0.25, 0.3) is 5.76 Å². The molecule has 3 rings (SSSR count). The highest BCUT2D eigenvalue weighted by molar-refractivity contribution is 9.10. The molecule has 0 aliphatic carbocycles. The van der Waals surface area contributed by atoms with E-state index in [9.17, 15) is 13.6 Å². The molecule has 1 N–H and O–H groups in total. The van der Waals surface area contributed by atoms with Crippen molar-refractivity contribution in [2.75, 3.05) is 0 Å². The number of nitrogens with one attached hydrogen (secondary N) is 1. The molecular formula is C18H14BrF2N3OS2. The predicted octanol–water partition coefficient (Wildman–Crippen LogP) is 4.93. The number of benzene rings is 2. The minimum atomic E-state index is -2.44. The first-order valence-corrected chi connectivity index (χ1v) is 10.4. The predicted molar refractivity (Wildman–Crippen MR) is 111 cm³/mol. The highest BCUT2D eigenvalue weighted by atomic mass is 79.9. The van der Waals surface area contributed by atoms with Gasteiger partial charge in [-0.1, -0.05) is 63.7 Å². The van der Waals surface area contributed by atoms with Crippen molar-refractivity contribution in [1.29, 1.82) is 0 Å². The maximum absolute atomic E-state index is 12.4. The molecule has 0 radical (unpaired) electrons. The van der Waals surface area contributed by atoms with Crippen LogP contribution in [0.4, 0.5) is 8.78 Å². The Morgan fingerprint density at radius 3 is 2.74 bits per heavy atom. The first kappa shape index (κ1) is 20.0. The van der Waals surface area contributed by atoms with Crippen molar-refractivity contribution < 1.29 is 13.6 Å². The fraction of sp³-hybridized carbons (Fsp3) is 0.167. The molecule has 1 fully saturated rings. The molecular weight excluding hydrogens is 456 g/mol. The highest BCUT2D eigenvalue weighted by Gasteiger charge is 2.30. The number of thioether (sulfide) groups is 2. The average Bonchev–Trinajstić information content (AvgIpc) is 2.96. The third kappa shape index (κ3) is 6.15. The second-order valence-corrected chi connectivity index (χ2v) is 8.70. The van der Waals surface area contributed by atoms with Gasteiger partial charge in [0, 0.05) is 9.37 Å². The van der Waals surface area contributed by atoms with Gasteiger partial charge in [-0.15, -0.1) is 5.10 Å². The number of hydrogen-bond acceptors (Lipinski definition) is 5. The van der Waals surface area contributed by atoms with E-state index in [1.54, 1.807) is 30.5 Å². The lowest BCUT2D eigenvalue weighted by Crippen LogP contribution is -2.25. The van der Waals surface area contributed by atoms with E-state index in [0.717, 1.165) is 15.6 Å². The van der Waals surface area contributed by atoms with E-state index in [2.05, 4.69) is 31.4 Å². The highest BCUT2D eigenvalue weighted by Crippen LogP contribution is 2.27. The Morgan fingerprint density at radius 1 is 1.26 bits per heavy atom. The zero-order valence-corrected chi connectivity index (χ0v) is 17.0. The molecule has 1 aliphatic heterocycles. The lowest BCUT2D eigenvalue weighted by Gasteiger charge is -2.06. The van der Waals surface area contributed by atoms with E-state index in [-0.39, 0.29) is 11.2 Å². The summed E-state index contributed by atoms with van der Waals surface area (Å²) < 4.78 is 25.7. The monoisotopic (exact) mass is 469 g/mol. The van der Waals surface area contributed by atoms with Crippen LogP contribution in [-0.4, -0.2) is 28.3 Å². The molecule has 2 aromatic rings. The van der Waals surface area contributed by atoms with Gasteiger partial charge in [-0.2, -0.15) is 13.9 Å². The van der Waals surface area contributed by atoms with Gasteiger partial charge in [-0.25, -0.2) is 0 Å². The zero-order chi connectivity index (χ0) is 19.2. The average molecular weight is 470 g/mol. The number of halogens is 3. The number of carbonyl (C=O) groups excluding carboxylic acids is 1. The topological polar surface area (TPSA) is 53.8 Å². The summed E-state index contributed by atoms with van der Waals surface area (Å²) >= 11 is 5.20. The van der Waals surface area contributed by atoms with Crippen LogP contribution in [0.25, 0.3) is 0 Å². The molecule has 1 atom stereocenters. The number of rotatable bonds is 6. The molecule has 1 amide bonds. The second kappa shape index (κ2) is 9.48. The molecule has 2 aromatic carbocycles. The molecule has 4 nitrogen and oxygen atoms in total. The van der Waals surface area contributed by atoms with Crippen molar-refractivity contribution in [3.05, 3.63) is 64.1 Å². The molecule has 0 spiro atoms. The van der Waals surface area contributed by atoms with E-state index in [0.29, 0.717) is 28.2 Å². The molecule has 0 bridgehead atoms. The van der Waals surface area contributed by atoms with Crippen LogP contribution in [-0.2, 0) is 11.2 Å². The molecule has 27 heavy (non-hydrogen) atoms. The zero-order valence-electron chi connectivity index (χ0n) is 13.8. The second-order valence-electron chi connectivity index (χ2n) is 5.53. The van der Waals surface area contributed by atoms with Crippen molar-refractivity contribution in [3.63, 3.8) is 0 Å². The third-order valence-corrected chi connectivity index (χ3v) is 5.84. The minimum absolute atomic E-state index is 0.137. The van der Waals surface area contributed by atoms with E-state index in [4.69, 9.17) is 0 Å². The molecule has 0 aromatic heterocycles.